The molecule has 0 N–H and O–H groups in total. The Kier molecular flexibility index (Phi) is 5.77. The van der Waals surface area contributed by atoms with Gasteiger partial charge in [-0.3, -0.25) is 0 Å². The molecule has 53 heavy (non-hydrogen) atoms. The third-order valence-corrected chi connectivity index (χ3v) is 17.2. The molecule has 0 atom stereocenters. The van der Waals surface area contributed by atoms with E-state index in [1.165, 1.54) is 99.5 Å². The van der Waals surface area contributed by atoms with Gasteiger partial charge in [-0.25, -0.2) is 0 Å². The average molecular weight is 703 g/mol. The molecule has 0 saturated carbocycles. The molecule has 4 aliphatic rings. The van der Waals surface area contributed by atoms with Crippen LogP contribution in [0.4, 0.5) is 17.1 Å². The van der Waals surface area contributed by atoms with Crippen molar-refractivity contribution in [2.75, 3.05) is 4.90 Å². The second-order valence-corrected chi connectivity index (χ2v) is 23.8. The zero-order chi connectivity index (χ0) is 36.7. The average Bonchev–Trinajstić information content (AvgIpc) is 3.56. The van der Waals surface area contributed by atoms with Crippen LogP contribution in [0.25, 0.3) is 44.1 Å². The van der Waals surface area contributed by atoms with Gasteiger partial charge in [0.05, 0.1) is 5.69 Å². The fraction of sp³-hybridized carbons (Fsp3) is 0.265. The van der Waals surface area contributed by atoms with Gasteiger partial charge in [-0.1, -0.05) is 135 Å². The number of aromatic nitrogens is 1. The highest BCUT2D eigenvalue weighted by atomic mass is 28.3. The van der Waals surface area contributed by atoms with E-state index in [1.807, 2.05) is 0 Å². The highest BCUT2D eigenvalue weighted by Crippen LogP contribution is 2.57. The molecule has 0 saturated heterocycles. The van der Waals surface area contributed by atoms with Crippen LogP contribution < -0.4 is 26.2 Å². The van der Waals surface area contributed by atoms with Gasteiger partial charge in [0.15, 0.2) is 0 Å². The second-order valence-electron chi connectivity index (χ2n) is 19.4. The van der Waals surface area contributed by atoms with Gasteiger partial charge in [0.25, 0.3) is 0 Å². The molecule has 0 radical (unpaired) electrons. The van der Waals surface area contributed by atoms with E-state index in [0.717, 1.165) is 0 Å². The summed E-state index contributed by atoms with van der Waals surface area (Å²) in [4.78, 5) is 2.74. The Balaban J connectivity index is 1.40. The molecule has 0 bridgehead atoms. The number of nitrogens with zero attached hydrogens (tertiary/aromatic N) is 2. The van der Waals surface area contributed by atoms with E-state index >= 15 is 0 Å². The molecule has 3 aliphatic heterocycles. The first kappa shape index (κ1) is 31.7. The van der Waals surface area contributed by atoms with Crippen molar-refractivity contribution < 1.29 is 0 Å². The van der Waals surface area contributed by atoms with Crippen molar-refractivity contribution in [3.63, 3.8) is 0 Å². The number of benzene rings is 6. The molecule has 11 rings (SSSR count). The smallest absolute Gasteiger partial charge is 0.333 e. The van der Waals surface area contributed by atoms with Crippen LogP contribution in [0.15, 0.2) is 103 Å². The molecule has 4 heteroatoms. The topological polar surface area (TPSA) is 8.17 Å². The number of hydrogen-bond donors (Lipinski definition) is 0. The van der Waals surface area contributed by atoms with Gasteiger partial charge < -0.3 is 9.38 Å². The Bertz CT molecular complexity index is 2820. The third kappa shape index (κ3) is 3.76. The molecule has 260 valence electrons. The minimum Gasteiger partial charge on any atom is -0.375 e. The second kappa shape index (κ2) is 9.65. The normalized spacial score (nSPS) is 16.7. The number of rotatable bonds is 0. The first-order valence-corrected chi connectivity index (χ1v) is 22.6. The van der Waals surface area contributed by atoms with Gasteiger partial charge in [-0.15, -0.1) is 0 Å². The summed E-state index contributed by atoms with van der Waals surface area (Å²) in [7, 11) is -2.05. The van der Waals surface area contributed by atoms with Crippen LogP contribution in [0.5, 0.6) is 0 Å². The highest BCUT2D eigenvalue weighted by Gasteiger charge is 2.51. The van der Waals surface area contributed by atoms with E-state index in [1.54, 1.807) is 5.19 Å². The standard InChI is InChI=1S/C49H47BN2Si/c1-47(2,3)28-22-23-38-31(24-28)33-25-29(48(4,5)6)26-34-32-27-36-42(30-16-11-12-17-35(30)49(36,7)8)46-43(32)50(52(38)44(33)34)37-18-15-21-41-45(37)51(46)39-19-13-14-20-40(39)53(41,9)10/h11-27H,1-10H3. The Morgan fingerprint density at radius 2 is 1.30 bits per heavy atom. The van der Waals surface area contributed by atoms with Gasteiger partial charge in [0, 0.05) is 49.7 Å². The summed E-state index contributed by atoms with van der Waals surface area (Å²) >= 11 is 0. The monoisotopic (exact) mass is 702 g/mol. The van der Waals surface area contributed by atoms with E-state index in [4.69, 9.17) is 0 Å². The van der Waals surface area contributed by atoms with Gasteiger partial charge in [-0.05, 0) is 102 Å². The number of fused-ring (bicyclic) bond motifs is 13. The minimum absolute atomic E-state index is 0.00653. The molecule has 0 unspecified atom stereocenters. The molecule has 1 aromatic heterocycles. The lowest BCUT2D eigenvalue weighted by molar-refractivity contribution is 0.590. The van der Waals surface area contributed by atoms with Gasteiger partial charge >= 0.3 is 6.85 Å². The molecular weight excluding hydrogens is 655 g/mol. The summed E-state index contributed by atoms with van der Waals surface area (Å²) in [5.74, 6) is 0. The first-order valence-electron chi connectivity index (χ1n) is 19.6. The SMILES string of the molecule is CC(C)(C)c1ccc2c(c1)c1cc(C(C)(C)C)cc3c1n2B1c2cccc4c2N(c2ccccc2[Si]4(C)C)c2c1c-3cc1c2-c2ccccc2C1(C)C. The van der Waals surface area contributed by atoms with Gasteiger partial charge in [-0.2, -0.15) is 0 Å². The Labute approximate surface area is 315 Å². The van der Waals surface area contributed by atoms with Crippen molar-refractivity contribution in [3.8, 4) is 22.3 Å². The molecule has 1 aliphatic carbocycles. The van der Waals surface area contributed by atoms with Crippen molar-refractivity contribution in [2.24, 2.45) is 0 Å². The Morgan fingerprint density at radius 1 is 0.604 bits per heavy atom. The summed E-state index contributed by atoms with van der Waals surface area (Å²) in [6, 6.07) is 41.0. The quantitative estimate of drug-likeness (QED) is 0.143. The Morgan fingerprint density at radius 3 is 2.08 bits per heavy atom. The molecular formula is C49H47BN2Si. The molecule has 0 spiro atoms. The predicted octanol–water partition coefficient (Wildman–Crippen LogP) is 10.2. The van der Waals surface area contributed by atoms with Crippen LogP contribution in [0, 0.1) is 0 Å². The summed E-state index contributed by atoms with van der Waals surface area (Å²) < 4.78 is 2.77. The van der Waals surface area contributed by atoms with Crippen molar-refractivity contribution in [1.82, 2.24) is 4.48 Å². The maximum absolute atomic E-state index is 2.77. The first-order chi connectivity index (χ1) is 25.1. The van der Waals surface area contributed by atoms with Crippen LogP contribution in [-0.4, -0.2) is 19.4 Å². The molecule has 4 heterocycles. The Hall–Kier alpha value is -4.80. The fourth-order valence-electron chi connectivity index (χ4n) is 10.8. The summed E-state index contributed by atoms with van der Waals surface area (Å²) in [5.41, 5.74) is 20.9. The molecule has 7 aromatic rings. The fourth-order valence-corrected chi connectivity index (χ4v) is 13.8. The lowest BCUT2D eigenvalue weighted by Crippen LogP contribution is -2.65. The number of anilines is 3. The van der Waals surface area contributed by atoms with Gasteiger partial charge in [0.1, 0.15) is 8.07 Å². The zero-order valence-electron chi connectivity index (χ0n) is 32.8. The molecule has 6 aromatic carbocycles. The van der Waals surface area contributed by atoms with Crippen molar-refractivity contribution >= 4 is 75.1 Å². The lowest BCUT2D eigenvalue weighted by atomic mass is 9.44. The number of para-hydroxylation sites is 2. The molecule has 2 nitrogen and oxygen atoms in total. The number of hydrogen-bond acceptors (Lipinski definition) is 1. The van der Waals surface area contributed by atoms with E-state index in [2.05, 4.69) is 181 Å². The minimum atomic E-state index is -2.05. The van der Waals surface area contributed by atoms with Crippen LogP contribution >= 0.6 is 0 Å². The van der Waals surface area contributed by atoms with Crippen molar-refractivity contribution in [1.29, 1.82) is 0 Å². The third-order valence-electron chi connectivity index (χ3n) is 13.6. The molecule has 0 amide bonds. The highest BCUT2D eigenvalue weighted by molar-refractivity contribution is 7.04. The summed E-state index contributed by atoms with van der Waals surface area (Å²) in [5, 5.41) is 5.83. The zero-order valence-corrected chi connectivity index (χ0v) is 33.8. The van der Waals surface area contributed by atoms with Crippen LogP contribution in [-0.2, 0) is 16.2 Å². The molecule has 0 fully saturated rings. The largest absolute Gasteiger partial charge is 0.375 e. The van der Waals surface area contributed by atoms with Gasteiger partial charge in [0.2, 0.25) is 0 Å². The van der Waals surface area contributed by atoms with E-state index in [0.29, 0.717) is 0 Å². The maximum Gasteiger partial charge on any atom is 0.333 e. The maximum atomic E-state index is 2.77. The summed E-state index contributed by atoms with van der Waals surface area (Å²) in [6.07, 6.45) is 0. The predicted molar refractivity (Wildman–Crippen MR) is 232 cm³/mol. The lowest BCUT2D eigenvalue weighted by Gasteiger charge is -2.48. The van der Waals surface area contributed by atoms with Crippen LogP contribution in [0.2, 0.25) is 13.1 Å². The van der Waals surface area contributed by atoms with E-state index in [-0.39, 0.29) is 23.1 Å². The summed E-state index contributed by atoms with van der Waals surface area (Å²) in [6.45, 7) is 24.2. The van der Waals surface area contributed by atoms with E-state index in [9.17, 15) is 0 Å². The van der Waals surface area contributed by atoms with E-state index < -0.39 is 8.07 Å². The van der Waals surface area contributed by atoms with Crippen molar-refractivity contribution in [3.05, 3.63) is 125 Å². The van der Waals surface area contributed by atoms with Crippen LogP contribution in [0.3, 0.4) is 0 Å². The van der Waals surface area contributed by atoms with Crippen LogP contribution in [0.1, 0.15) is 77.6 Å². The van der Waals surface area contributed by atoms with Crippen molar-refractivity contribution in [2.45, 2.75) is 84.7 Å².